The second-order valence-electron chi connectivity index (χ2n) is 5.38. The highest BCUT2D eigenvalue weighted by molar-refractivity contribution is 5.78. The Balaban J connectivity index is 3.09. The Hall–Kier alpha value is -1.84. The van der Waals surface area contributed by atoms with E-state index in [9.17, 15) is 9.59 Å². The van der Waals surface area contributed by atoms with E-state index in [0.29, 0.717) is 12.0 Å². The van der Waals surface area contributed by atoms with Crippen molar-refractivity contribution in [1.29, 1.82) is 0 Å². The third-order valence-electron chi connectivity index (χ3n) is 2.90. The van der Waals surface area contributed by atoms with Crippen LogP contribution < -0.4 is 0 Å². The van der Waals surface area contributed by atoms with E-state index in [1.54, 1.807) is 12.1 Å². The molecule has 1 aromatic carbocycles. The number of hydrogen-bond acceptors (Lipinski definition) is 2. The topological polar surface area (TPSA) is 57.6 Å². The Morgan fingerprint density at radius 2 is 1.78 bits per heavy atom. The number of nitrogens with zero attached hydrogens (tertiary/aromatic N) is 1. The predicted octanol–water partition coefficient (Wildman–Crippen LogP) is 2.20. The fraction of sp³-hybridized carbons (Fsp3) is 0.429. The van der Waals surface area contributed by atoms with Crippen LogP contribution in [0.1, 0.15) is 37.9 Å². The largest absolute Gasteiger partial charge is 0.479 e. The van der Waals surface area contributed by atoms with Crippen molar-refractivity contribution in [2.24, 2.45) is 0 Å². The van der Waals surface area contributed by atoms with Crippen LogP contribution >= 0.6 is 0 Å². The highest BCUT2D eigenvalue weighted by Gasteiger charge is 2.24. The Kier molecular flexibility index (Phi) is 4.11. The first kappa shape index (κ1) is 14.2. The zero-order valence-corrected chi connectivity index (χ0v) is 11.2. The lowest BCUT2D eigenvalue weighted by Gasteiger charge is -2.23. The van der Waals surface area contributed by atoms with Crippen LogP contribution in [-0.4, -0.2) is 29.4 Å². The number of rotatable bonds is 4. The van der Waals surface area contributed by atoms with E-state index in [1.165, 1.54) is 7.05 Å². The Labute approximate surface area is 107 Å². The number of likely N-dealkylation sites (N-methyl/N-ethyl adjacent to an activating group) is 1. The number of carboxylic acids is 1. The Bertz CT molecular complexity index is 431. The minimum Gasteiger partial charge on any atom is -0.479 e. The molecule has 0 bridgehead atoms. The van der Waals surface area contributed by atoms with E-state index < -0.39 is 12.0 Å². The average Bonchev–Trinajstić information content (AvgIpc) is 2.28. The molecule has 1 unspecified atom stereocenters. The molecule has 0 saturated carbocycles. The summed E-state index contributed by atoms with van der Waals surface area (Å²) in [5.41, 5.74) is 1.75. The number of carbonyl (C=O) groups is 2. The lowest BCUT2D eigenvalue weighted by atomic mass is 9.86. The predicted molar refractivity (Wildman–Crippen MR) is 69.3 cm³/mol. The minimum atomic E-state index is -1.03. The molecule has 1 N–H and O–H groups in total. The van der Waals surface area contributed by atoms with E-state index in [-0.39, 0.29) is 5.41 Å². The fourth-order valence-corrected chi connectivity index (χ4v) is 1.78. The van der Waals surface area contributed by atoms with Gasteiger partial charge in [0, 0.05) is 7.05 Å². The Morgan fingerprint density at radius 3 is 2.11 bits per heavy atom. The maximum Gasteiger partial charge on any atom is 0.331 e. The second-order valence-corrected chi connectivity index (χ2v) is 5.38. The summed E-state index contributed by atoms with van der Waals surface area (Å²) in [5, 5.41) is 9.16. The smallest absolute Gasteiger partial charge is 0.331 e. The van der Waals surface area contributed by atoms with Gasteiger partial charge in [0.15, 0.2) is 6.04 Å². The van der Waals surface area contributed by atoms with Gasteiger partial charge in [-0.1, -0.05) is 45.0 Å². The monoisotopic (exact) mass is 249 g/mol. The average molecular weight is 249 g/mol. The van der Waals surface area contributed by atoms with Gasteiger partial charge in [0.1, 0.15) is 0 Å². The van der Waals surface area contributed by atoms with Crippen molar-refractivity contribution in [1.82, 2.24) is 4.90 Å². The van der Waals surface area contributed by atoms with Crippen LogP contribution in [0.3, 0.4) is 0 Å². The lowest BCUT2D eigenvalue weighted by molar-refractivity contribution is -0.145. The van der Waals surface area contributed by atoms with Crippen molar-refractivity contribution >= 4 is 12.4 Å². The SMILES string of the molecule is CN(C=O)C(C(=O)O)c1ccc(C(C)(C)C)cc1. The maximum absolute atomic E-state index is 11.2. The molecule has 0 aliphatic carbocycles. The maximum atomic E-state index is 11.2. The number of hydrogen-bond donors (Lipinski definition) is 1. The van der Waals surface area contributed by atoms with E-state index in [4.69, 9.17) is 5.11 Å². The van der Waals surface area contributed by atoms with Crippen molar-refractivity contribution in [2.45, 2.75) is 32.2 Å². The summed E-state index contributed by atoms with van der Waals surface area (Å²) in [6.07, 6.45) is 0.524. The summed E-state index contributed by atoms with van der Waals surface area (Å²) in [5.74, 6) is -1.03. The van der Waals surface area contributed by atoms with Crippen LogP contribution in [0.15, 0.2) is 24.3 Å². The van der Waals surface area contributed by atoms with Gasteiger partial charge in [0.05, 0.1) is 0 Å². The molecule has 1 amide bonds. The van der Waals surface area contributed by atoms with Gasteiger partial charge >= 0.3 is 5.97 Å². The molecule has 1 atom stereocenters. The molecule has 4 heteroatoms. The molecule has 0 saturated heterocycles. The van der Waals surface area contributed by atoms with E-state index in [0.717, 1.165) is 10.5 Å². The van der Waals surface area contributed by atoms with Crippen LogP contribution in [0.25, 0.3) is 0 Å². The van der Waals surface area contributed by atoms with Gasteiger partial charge in [-0.25, -0.2) is 4.79 Å². The normalized spacial score (nSPS) is 12.9. The van der Waals surface area contributed by atoms with Gasteiger partial charge < -0.3 is 10.0 Å². The first-order valence-corrected chi connectivity index (χ1v) is 5.78. The Morgan fingerprint density at radius 1 is 1.28 bits per heavy atom. The van der Waals surface area contributed by atoms with Gasteiger partial charge in [0.2, 0.25) is 6.41 Å². The van der Waals surface area contributed by atoms with Gasteiger partial charge in [-0.15, -0.1) is 0 Å². The molecule has 4 nitrogen and oxygen atoms in total. The molecule has 0 spiro atoms. The van der Waals surface area contributed by atoms with E-state index >= 15 is 0 Å². The van der Waals surface area contributed by atoms with Gasteiger partial charge in [-0.2, -0.15) is 0 Å². The molecule has 1 rings (SSSR count). The molecule has 0 radical (unpaired) electrons. The number of benzene rings is 1. The summed E-state index contributed by atoms with van der Waals surface area (Å²) in [6, 6.07) is 6.41. The quantitative estimate of drug-likeness (QED) is 0.832. The van der Waals surface area contributed by atoms with E-state index in [1.807, 2.05) is 12.1 Å². The molecule has 98 valence electrons. The second kappa shape index (κ2) is 5.21. The molecule has 18 heavy (non-hydrogen) atoms. The lowest BCUT2D eigenvalue weighted by Crippen LogP contribution is -2.29. The number of aliphatic carboxylic acids is 1. The molecule has 0 aromatic heterocycles. The van der Waals surface area contributed by atoms with Gasteiger partial charge in [-0.05, 0) is 16.5 Å². The fourth-order valence-electron chi connectivity index (χ4n) is 1.78. The first-order chi connectivity index (χ1) is 8.27. The highest BCUT2D eigenvalue weighted by atomic mass is 16.4. The third kappa shape index (κ3) is 3.09. The highest BCUT2D eigenvalue weighted by Crippen LogP contribution is 2.25. The van der Waals surface area contributed by atoms with Crippen molar-refractivity contribution in [3.05, 3.63) is 35.4 Å². The molecular weight excluding hydrogens is 230 g/mol. The molecule has 0 fully saturated rings. The standard InChI is InChI=1S/C14H19NO3/c1-14(2,3)11-7-5-10(6-8-11)12(13(17)18)15(4)9-16/h5-9,12H,1-4H3,(H,17,18). The minimum absolute atomic E-state index is 0.0216. The number of carbonyl (C=O) groups excluding carboxylic acids is 1. The van der Waals surface area contributed by atoms with Crippen molar-refractivity contribution < 1.29 is 14.7 Å². The van der Waals surface area contributed by atoms with Gasteiger partial charge in [-0.3, -0.25) is 4.79 Å². The molecule has 0 heterocycles. The van der Waals surface area contributed by atoms with Crippen LogP contribution in [0, 0.1) is 0 Å². The molecular formula is C14H19NO3. The number of carboxylic acid groups (broad SMARTS) is 1. The summed E-state index contributed by atoms with van der Waals surface area (Å²) < 4.78 is 0. The molecule has 0 aliphatic heterocycles. The van der Waals surface area contributed by atoms with E-state index in [2.05, 4.69) is 20.8 Å². The zero-order valence-electron chi connectivity index (χ0n) is 11.2. The zero-order chi connectivity index (χ0) is 13.9. The van der Waals surface area contributed by atoms with Crippen LogP contribution in [0.2, 0.25) is 0 Å². The van der Waals surface area contributed by atoms with Crippen LogP contribution in [0.5, 0.6) is 0 Å². The molecule has 0 aliphatic rings. The number of amides is 1. The summed E-state index contributed by atoms with van der Waals surface area (Å²) >= 11 is 0. The summed E-state index contributed by atoms with van der Waals surface area (Å²) in [7, 11) is 1.46. The first-order valence-electron chi connectivity index (χ1n) is 5.78. The van der Waals surface area contributed by atoms with Crippen molar-refractivity contribution in [3.8, 4) is 0 Å². The van der Waals surface area contributed by atoms with Crippen LogP contribution in [-0.2, 0) is 15.0 Å². The third-order valence-corrected chi connectivity index (χ3v) is 2.90. The van der Waals surface area contributed by atoms with Crippen molar-refractivity contribution in [3.63, 3.8) is 0 Å². The van der Waals surface area contributed by atoms with Crippen molar-refractivity contribution in [2.75, 3.05) is 7.05 Å². The summed E-state index contributed by atoms with van der Waals surface area (Å²) in [4.78, 5) is 23.0. The summed E-state index contributed by atoms with van der Waals surface area (Å²) in [6.45, 7) is 6.27. The van der Waals surface area contributed by atoms with Crippen LogP contribution in [0.4, 0.5) is 0 Å². The van der Waals surface area contributed by atoms with Gasteiger partial charge in [0.25, 0.3) is 0 Å². The molecule has 1 aromatic rings.